The lowest BCUT2D eigenvalue weighted by atomic mass is 9.94. The number of rotatable bonds is 3. The van der Waals surface area contributed by atoms with Crippen LogP contribution in [0.15, 0.2) is 12.4 Å². The first kappa shape index (κ1) is 23.8. The van der Waals surface area contributed by atoms with Crippen LogP contribution in [0.4, 0.5) is 17.5 Å². The van der Waals surface area contributed by atoms with Crippen LogP contribution >= 0.6 is 11.3 Å². The van der Waals surface area contributed by atoms with E-state index in [1.54, 1.807) is 22.2 Å². The average molecular weight is 473 g/mol. The molecule has 3 aromatic heterocycles. The molecule has 2 fully saturated rings. The Morgan fingerprint density at radius 2 is 1.82 bits per heavy atom. The van der Waals surface area contributed by atoms with Crippen LogP contribution in [0.3, 0.4) is 0 Å². The van der Waals surface area contributed by atoms with Crippen LogP contribution < -0.4 is 11.1 Å². The maximum atomic E-state index is 6.00. The minimum absolute atomic E-state index is 0.0330. The molecule has 1 saturated carbocycles. The van der Waals surface area contributed by atoms with E-state index in [4.69, 9.17) is 10.5 Å². The Morgan fingerprint density at radius 3 is 2.45 bits per heavy atom. The SMILES string of the molecule is C1CCC(N2CCOCC2)CC1.Cn1cc(Nc2nc(N)c3nc(C(C)(C)C)sc3n2)cn1. The molecule has 5 rings (SSSR count). The van der Waals surface area contributed by atoms with E-state index in [-0.39, 0.29) is 5.41 Å². The molecule has 4 heterocycles. The van der Waals surface area contributed by atoms with E-state index in [9.17, 15) is 0 Å². The summed E-state index contributed by atoms with van der Waals surface area (Å²) in [7, 11) is 1.85. The third-order valence-electron chi connectivity index (χ3n) is 6.03. The van der Waals surface area contributed by atoms with Crippen molar-refractivity contribution >= 4 is 39.1 Å². The molecular formula is C23H36N8OS. The number of hydrogen-bond acceptors (Lipinski definition) is 9. The van der Waals surface area contributed by atoms with E-state index in [1.807, 2.05) is 13.2 Å². The summed E-state index contributed by atoms with van der Waals surface area (Å²) in [5, 5.41) is 8.19. The van der Waals surface area contributed by atoms with Gasteiger partial charge in [-0.15, -0.1) is 0 Å². The highest BCUT2D eigenvalue weighted by molar-refractivity contribution is 7.18. The van der Waals surface area contributed by atoms with Crippen molar-refractivity contribution in [3.8, 4) is 0 Å². The van der Waals surface area contributed by atoms with Gasteiger partial charge in [0.1, 0.15) is 10.5 Å². The van der Waals surface area contributed by atoms with Crippen LogP contribution in [0.25, 0.3) is 10.3 Å². The van der Waals surface area contributed by atoms with Gasteiger partial charge in [-0.25, -0.2) is 4.98 Å². The molecule has 9 nitrogen and oxygen atoms in total. The fourth-order valence-electron chi connectivity index (χ4n) is 4.22. The molecule has 2 aliphatic rings. The predicted octanol–water partition coefficient (Wildman–Crippen LogP) is 4.09. The normalized spacial score (nSPS) is 18.2. The lowest BCUT2D eigenvalue weighted by Gasteiger charge is -2.36. The van der Waals surface area contributed by atoms with E-state index >= 15 is 0 Å². The molecule has 3 aromatic rings. The lowest BCUT2D eigenvalue weighted by Crippen LogP contribution is -2.44. The molecule has 33 heavy (non-hydrogen) atoms. The van der Waals surface area contributed by atoms with Gasteiger partial charge in [-0.2, -0.15) is 15.1 Å². The molecule has 180 valence electrons. The largest absolute Gasteiger partial charge is 0.382 e. The molecule has 1 aliphatic carbocycles. The summed E-state index contributed by atoms with van der Waals surface area (Å²) >= 11 is 1.55. The van der Waals surface area contributed by atoms with Gasteiger partial charge in [0, 0.05) is 37.8 Å². The topological polar surface area (TPSA) is 107 Å². The maximum absolute atomic E-state index is 6.00. The lowest BCUT2D eigenvalue weighted by molar-refractivity contribution is 0.00858. The monoisotopic (exact) mass is 472 g/mol. The van der Waals surface area contributed by atoms with Crippen LogP contribution in [0.1, 0.15) is 57.9 Å². The van der Waals surface area contributed by atoms with Crippen molar-refractivity contribution in [2.24, 2.45) is 7.05 Å². The van der Waals surface area contributed by atoms with Crippen LogP contribution in [-0.4, -0.2) is 62.0 Å². The highest BCUT2D eigenvalue weighted by Crippen LogP contribution is 2.32. The van der Waals surface area contributed by atoms with Crippen molar-refractivity contribution in [3.05, 3.63) is 17.4 Å². The number of morpholine rings is 1. The molecular weight excluding hydrogens is 436 g/mol. The molecule has 0 amide bonds. The van der Waals surface area contributed by atoms with Gasteiger partial charge >= 0.3 is 0 Å². The van der Waals surface area contributed by atoms with Crippen molar-refractivity contribution in [2.45, 2.75) is 64.3 Å². The molecule has 3 N–H and O–H groups in total. The Hall–Kier alpha value is -2.30. The molecule has 0 aromatic carbocycles. The average Bonchev–Trinajstić information content (AvgIpc) is 3.42. The zero-order valence-electron chi connectivity index (χ0n) is 20.2. The van der Waals surface area contributed by atoms with E-state index in [2.05, 4.69) is 51.0 Å². The first-order valence-electron chi connectivity index (χ1n) is 11.8. The van der Waals surface area contributed by atoms with Gasteiger partial charge in [0.05, 0.1) is 25.1 Å². The zero-order valence-corrected chi connectivity index (χ0v) is 21.0. The molecule has 1 aliphatic heterocycles. The number of hydrogen-bond donors (Lipinski definition) is 2. The van der Waals surface area contributed by atoms with Crippen molar-refractivity contribution in [1.82, 2.24) is 29.6 Å². The van der Waals surface area contributed by atoms with Gasteiger partial charge in [0.2, 0.25) is 5.95 Å². The highest BCUT2D eigenvalue weighted by atomic mass is 32.1. The smallest absolute Gasteiger partial charge is 0.230 e. The summed E-state index contributed by atoms with van der Waals surface area (Å²) < 4.78 is 7.05. The number of nitrogen functional groups attached to an aromatic ring is 1. The van der Waals surface area contributed by atoms with Crippen LogP contribution in [0, 0.1) is 0 Å². The van der Waals surface area contributed by atoms with Gasteiger partial charge in [-0.3, -0.25) is 9.58 Å². The third-order valence-corrected chi connectivity index (χ3v) is 7.40. The third kappa shape index (κ3) is 6.18. The Balaban J connectivity index is 0.000000183. The Labute approximate surface area is 199 Å². The van der Waals surface area contributed by atoms with Gasteiger partial charge in [0.25, 0.3) is 0 Å². The predicted molar refractivity (Wildman–Crippen MR) is 134 cm³/mol. The number of aromatic nitrogens is 5. The van der Waals surface area contributed by atoms with Crippen molar-refractivity contribution < 1.29 is 4.74 Å². The number of nitrogens with zero attached hydrogens (tertiary/aromatic N) is 6. The number of nitrogens with two attached hydrogens (primary N) is 1. The summed E-state index contributed by atoms with van der Waals surface area (Å²) in [6, 6.07) is 0.891. The summed E-state index contributed by atoms with van der Waals surface area (Å²) in [6.07, 6.45) is 10.8. The van der Waals surface area contributed by atoms with E-state index < -0.39 is 0 Å². The summed E-state index contributed by atoms with van der Waals surface area (Å²) in [5.74, 6) is 0.843. The Morgan fingerprint density at radius 1 is 1.09 bits per heavy atom. The first-order chi connectivity index (χ1) is 15.8. The first-order valence-corrected chi connectivity index (χ1v) is 12.6. The number of fused-ring (bicyclic) bond motifs is 1. The number of thiazole rings is 1. The number of anilines is 3. The molecule has 1 saturated heterocycles. The van der Waals surface area contributed by atoms with Gasteiger partial charge in [0.15, 0.2) is 10.6 Å². The maximum Gasteiger partial charge on any atom is 0.230 e. The molecule has 0 unspecified atom stereocenters. The van der Waals surface area contributed by atoms with Crippen molar-refractivity contribution in [1.29, 1.82) is 0 Å². The van der Waals surface area contributed by atoms with E-state index in [0.29, 0.717) is 17.3 Å². The second-order valence-corrected chi connectivity index (χ2v) is 10.8. The van der Waals surface area contributed by atoms with E-state index in [1.165, 1.54) is 45.2 Å². The summed E-state index contributed by atoms with van der Waals surface area (Å²) in [5.41, 5.74) is 7.46. The standard InChI is InChI=1S/C13H17N7S.C10H19NO/c1-13(2,3)11-17-8-9(14)18-12(19-10(8)21-11)16-7-5-15-20(4)6-7;1-2-4-10(5-3-1)11-6-8-12-9-7-11/h5-6H,1-4H3,(H3,14,16,18,19);10H,1-9H2. The van der Waals surface area contributed by atoms with Crippen molar-refractivity contribution in [3.63, 3.8) is 0 Å². The van der Waals surface area contributed by atoms with E-state index in [0.717, 1.165) is 34.8 Å². The van der Waals surface area contributed by atoms with Crippen molar-refractivity contribution in [2.75, 3.05) is 37.4 Å². The second kappa shape index (κ2) is 10.3. The minimum atomic E-state index is -0.0330. The molecule has 0 bridgehead atoms. The molecule has 0 atom stereocenters. The van der Waals surface area contributed by atoms with Gasteiger partial charge < -0.3 is 15.8 Å². The number of ether oxygens (including phenoxy) is 1. The fourth-order valence-corrected chi connectivity index (χ4v) is 5.23. The minimum Gasteiger partial charge on any atom is -0.382 e. The molecule has 0 radical (unpaired) electrons. The number of aryl methyl sites for hydroxylation is 1. The van der Waals surface area contributed by atoms with Gasteiger partial charge in [-0.05, 0) is 12.8 Å². The second-order valence-electron chi connectivity index (χ2n) is 9.82. The summed E-state index contributed by atoms with van der Waals surface area (Å²) in [6.45, 7) is 10.6. The highest BCUT2D eigenvalue weighted by Gasteiger charge is 2.23. The summed E-state index contributed by atoms with van der Waals surface area (Å²) in [4.78, 5) is 16.7. The molecule has 10 heteroatoms. The van der Waals surface area contributed by atoms with Crippen LogP contribution in [-0.2, 0) is 17.2 Å². The van der Waals surface area contributed by atoms with Gasteiger partial charge in [-0.1, -0.05) is 51.4 Å². The number of nitrogens with one attached hydrogen (secondary N) is 1. The van der Waals surface area contributed by atoms with Crippen LogP contribution in [0.5, 0.6) is 0 Å². The molecule has 0 spiro atoms. The van der Waals surface area contributed by atoms with Crippen LogP contribution in [0.2, 0.25) is 0 Å². The Bertz CT molecular complexity index is 1030. The quantitative estimate of drug-likeness (QED) is 0.587. The fraction of sp³-hybridized carbons (Fsp3) is 0.652. The zero-order chi connectivity index (χ0) is 23.4. The Kier molecular flexibility index (Phi) is 7.45.